The minimum atomic E-state index is 0.0210. The highest BCUT2D eigenvalue weighted by Gasteiger charge is 2.12. The van der Waals surface area contributed by atoms with Gasteiger partial charge >= 0.3 is 0 Å². The van der Waals surface area contributed by atoms with E-state index in [9.17, 15) is 4.79 Å². The lowest BCUT2D eigenvalue weighted by Crippen LogP contribution is -2.19. The van der Waals surface area contributed by atoms with E-state index in [1.165, 1.54) is 11.3 Å². The second-order valence-corrected chi connectivity index (χ2v) is 5.48. The zero-order chi connectivity index (χ0) is 14.8. The SMILES string of the molecule is CCOc1ccc(-c2csc3ncn(CC)c(=O)c23)cc1. The highest BCUT2D eigenvalue weighted by atomic mass is 32.1. The molecule has 0 N–H and O–H groups in total. The lowest BCUT2D eigenvalue weighted by Gasteiger charge is -2.05. The summed E-state index contributed by atoms with van der Waals surface area (Å²) >= 11 is 1.50. The Morgan fingerprint density at radius 1 is 1.24 bits per heavy atom. The van der Waals surface area contributed by atoms with Gasteiger partial charge in [0.1, 0.15) is 10.6 Å². The van der Waals surface area contributed by atoms with Gasteiger partial charge in [0.15, 0.2) is 0 Å². The summed E-state index contributed by atoms with van der Waals surface area (Å²) in [5.41, 5.74) is 1.98. The minimum Gasteiger partial charge on any atom is -0.494 e. The highest BCUT2D eigenvalue weighted by molar-refractivity contribution is 7.17. The lowest BCUT2D eigenvalue weighted by molar-refractivity contribution is 0.340. The van der Waals surface area contributed by atoms with Gasteiger partial charge < -0.3 is 4.74 Å². The van der Waals surface area contributed by atoms with Crippen LogP contribution in [0, 0.1) is 0 Å². The number of benzene rings is 1. The zero-order valence-corrected chi connectivity index (χ0v) is 12.8. The third-order valence-electron chi connectivity index (χ3n) is 3.38. The van der Waals surface area contributed by atoms with E-state index in [1.54, 1.807) is 10.9 Å². The monoisotopic (exact) mass is 300 g/mol. The van der Waals surface area contributed by atoms with Crippen molar-refractivity contribution in [2.24, 2.45) is 0 Å². The largest absolute Gasteiger partial charge is 0.494 e. The fourth-order valence-corrected chi connectivity index (χ4v) is 3.21. The standard InChI is InChI=1S/C16H16N2O2S/c1-3-18-10-17-15-14(16(18)19)13(9-21-15)11-5-7-12(8-6-11)20-4-2/h5-10H,3-4H2,1-2H3. The maximum absolute atomic E-state index is 12.5. The fraction of sp³-hybridized carbons (Fsp3) is 0.250. The second-order valence-electron chi connectivity index (χ2n) is 4.62. The molecule has 0 saturated heterocycles. The predicted octanol–water partition coefficient (Wildman–Crippen LogP) is 3.54. The van der Waals surface area contributed by atoms with Crippen LogP contribution in [0.5, 0.6) is 5.75 Å². The van der Waals surface area contributed by atoms with Crippen molar-refractivity contribution in [3.05, 3.63) is 46.3 Å². The highest BCUT2D eigenvalue weighted by Crippen LogP contribution is 2.31. The number of hydrogen-bond donors (Lipinski definition) is 0. The summed E-state index contributed by atoms with van der Waals surface area (Å²) in [4.78, 5) is 17.6. The molecule has 0 saturated carbocycles. The quantitative estimate of drug-likeness (QED) is 0.740. The predicted molar refractivity (Wildman–Crippen MR) is 86.2 cm³/mol. The van der Waals surface area contributed by atoms with Gasteiger partial charge in [-0.3, -0.25) is 9.36 Å². The Balaban J connectivity index is 2.14. The summed E-state index contributed by atoms with van der Waals surface area (Å²) in [6, 6.07) is 7.82. The maximum atomic E-state index is 12.5. The first-order chi connectivity index (χ1) is 10.2. The average molecular weight is 300 g/mol. The van der Waals surface area contributed by atoms with Gasteiger partial charge in [0.05, 0.1) is 18.3 Å². The fourth-order valence-electron chi connectivity index (χ4n) is 2.30. The molecule has 0 bridgehead atoms. The van der Waals surface area contributed by atoms with Crippen molar-refractivity contribution in [2.75, 3.05) is 6.61 Å². The van der Waals surface area contributed by atoms with E-state index in [4.69, 9.17) is 4.74 Å². The normalized spacial score (nSPS) is 11.0. The van der Waals surface area contributed by atoms with E-state index in [0.717, 1.165) is 21.7 Å². The molecule has 0 radical (unpaired) electrons. The van der Waals surface area contributed by atoms with E-state index < -0.39 is 0 Å². The van der Waals surface area contributed by atoms with Crippen LogP contribution in [-0.4, -0.2) is 16.2 Å². The molecule has 2 aromatic heterocycles. The molecular weight excluding hydrogens is 284 g/mol. The van der Waals surface area contributed by atoms with Crippen LogP contribution in [0.25, 0.3) is 21.3 Å². The van der Waals surface area contributed by atoms with Gasteiger partial charge in [-0.25, -0.2) is 4.98 Å². The summed E-state index contributed by atoms with van der Waals surface area (Å²) in [5, 5.41) is 2.70. The number of aryl methyl sites for hydroxylation is 1. The number of nitrogens with zero attached hydrogens (tertiary/aromatic N) is 2. The minimum absolute atomic E-state index is 0.0210. The average Bonchev–Trinajstić information content (AvgIpc) is 2.94. The van der Waals surface area contributed by atoms with Crippen molar-refractivity contribution in [1.29, 1.82) is 0 Å². The Labute approximate surface area is 126 Å². The molecule has 3 aromatic rings. The Bertz CT molecular complexity index is 818. The summed E-state index contributed by atoms with van der Waals surface area (Å²) in [7, 11) is 0. The molecule has 0 unspecified atom stereocenters. The van der Waals surface area contributed by atoms with Crippen LogP contribution in [0.3, 0.4) is 0 Å². The van der Waals surface area contributed by atoms with Gasteiger partial charge in [0.25, 0.3) is 5.56 Å². The van der Waals surface area contributed by atoms with Gasteiger partial charge in [-0.15, -0.1) is 11.3 Å². The molecule has 21 heavy (non-hydrogen) atoms. The molecule has 108 valence electrons. The van der Waals surface area contributed by atoms with Crippen LogP contribution in [0.1, 0.15) is 13.8 Å². The third-order valence-corrected chi connectivity index (χ3v) is 4.26. The summed E-state index contributed by atoms with van der Waals surface area (Å²) in [6.07, 6.45) is 1.61. The Morgan fingerprint density at radius 3 is 2.67 bits per heavy atom. The number of aromatic nitrogens is 2. The molecule has 0 spiro atoms. The molecule has 2 heterocycles. The van der Waals surface area contributed by atoms with Crippen LogP contribution >= 0.6 is 11.3 Å². The third kappa shape index (κ3) is 2.45. The molecule has 0 aliphatic rings. The van der Waals surface area contributed by atoms with Crippen molar-refractivity contribution in [3.8, 4) is 16.9 Å². The van der Waals surface area contributed by atoms with E-state index in [1.807, 2.05) is 43.5 Å². The van der Waals surface area contributed by atoms with Crippen LogP contribution in [0.4, 0.5) is 0 Å². The van der Waals surface area contributed by atoms with Crippen LogP contribution in [-0.2, 0) is 6.54 Å². The summed E-state index contributed by atoms with van der Waals surface area (Å²) in [5.74, 6) is 0.838. The van der Waals surface area contributed by atoms with Crippen molar-refractivity contribution in [2.45, 2.75) is 20.4 Å². The second kappa shape index (κ2) is 5.69. The van der Waals surface area contributed by atoms with Crippen LogP contribution in [0.2, 0.25) is 0 Å². The van der Waals surface area contributed by atoms with Gasteiger partial charge in [-0.05, 0) is 31.5 Å². The molecule has 0 aliphatic carbocycles. The maximum Gasteiger partial charge on any atom is 0.262 e. The van der Waals surface area contributed by atoms with Crippen molar-refractivity contribution in [1.82, 2.24) is 9.55 Å². The summed E-state index contributed by atoms with van der Waals surface area (Å²) < 4.78 is 7.08. The number of rotatable bonds is 4. The van der Waals surface area contributed by atoms with Gasteiger partial charge in [0.2, 0.25) is 0 Å². The van der Waals surface area contributed by atoms with E-state index in [-0.39, 0.29) is 5.56 Å². The molecule has 1 aromatic carbocycles. The number of hydrogen-bond acceptors (Lipinski definition) is 4. The molecule has 4 nitrogen and oxygen atoms in total. The molecule has 0 amide bonds. The van der Waals surface area contributed by atoms with Crippen molar-refractivity contribution < 1.29 is 4.74 Å². The zero-order valence-electron chi connectivity index (χ0n) is 12.0. The lowest BCUT2D eigenvalue weighted by atomic mass is 10.1. The van der Waals surface area contributed by atoms with E-state index in [0.29, 0.717) is 18.5 Å². The number of thiophene rings is 1. The summed E-state index contributed by atoms with van der Waals surface area (Å²) in [6.45, 7) is 5.17. The van der Waals surface area contributed by atoms with Crippen LogP contribution < -0.4 is 10.3 Å². The van der Waals surface area contributed by atoms with Gasteiger partial charge in [-0.1, -0.05) is 12.1 Å². The molecule has 0 aliphatic heterocycles. The topological polar surface area (TPSA) is 44.1 Å². The number of ether oxygens (including phenoxy) is 1. The Morgan fingerprint density at radius 2 is 2.00 bits per heavy atom. The van der Waals surface area contributed by atoms with Gasteiger partial charge in [0, 0.05) is 17.5 Å². The van der Waals surface area contributed by atoms with Crippen molar-refractivity contribution >= 4 is 21.6 Å². The Hall–Kier alpha value is -2.14. The molecule has 0 fully saturated rings. The first-order valence-electron chi connectivity index (χ1n) is 6.94. The number of fused-ring (bicyclic) bond motifs is 1. The smallest absolute Gasteiger partial charge is 0.262 e. The molecule has 5 heteroatoms. The Kier molecular flexibility index (Phi) is 3.75. The van der Waals surface area contributed by atoms with Crippen molar-refractivity contribution in [3.63, 3.8) is 0 Å². The van der Waals surface area contributed by atoms with Gasteiger partial charge in [-0.2, -0.15) is 0 Å². The van der Waals surface area contributed by atoms with Crippen LogP contribution in [0.15, 0.2) is 40.8 Å². The first-order valence-corrected chi connectivity index (χ1v) is 7.82. The first kappa shape index (κ1) is 13.8. The van der Waals surface area contributed by atoms with E-state index in [2.05, 4.69) is 4.98 Å². The molecule has 0 atom stereocenters. The molecular formula is C16H16N2O2S. The van der Waals surface area contributed by atoms with E-state index >= 15 is 0 Å². The molecule has 3 rings (SSSR count).